The van der Waals surface area contributed by atoms with Gasteiger partial charge in [-0.05, 0) is 36.5 Å². The number of hydrogen-bond acceptors (Lipinski definition) is 3. The second-order valence-electron chi connectivity index (χ2n) is 4.59. The largest absolute Gasteiger partial charge is 0.381 e. The number of hydrogen-bond donors (Lipinski definition) is 0. The van der Waals surface area contributed by atoms with Crippen LogP contribution in [0.1, 0.15) is 18.4 Å². The maximum Gasteiger partial charge on any atom is 0.128 e. The number of alkyl halides is 1. The van der Waals surface area contributed by atoms with E-state index in [1.807, 2.05) is 12.3 Å². The predicted molar refractivity (Wildman–Crippen MR) is 70.6 cm³/mol. The van der Waals surface area contributed by atoms with E-state index in [4.69, 9.17) is 16.3 Å². The van der Waals surface area contributed by atoms with Gasteiger partial charge in [-0.15, -0.1) is 11.6 Å². The van der Waals surface area contributed by atoms with Gasteiger partial charge in [0.05, 0.1) is 0 Å². The lowest BCUT2D eigenvalue weighted by Gasteiger charge is -2.27. The molecule has 2 heterocycles. The van der Waals surface area contributed by atoms with Crippen molar-refractivity contribution in [2.24, 2.45) is 5.92 Å². The lowest BCUT2D eigenvalue weighted by molar-refractivity contribution is 0.0685. The van der Waals surface area contributed by atoms with Crippen LogP contribution in [0.5, 0.6) is 0 Å². The lowest BCUT2D eigenvalue weighted by atomic mass is 10.00. The highest BCUT2D eigenvalue weighted by molar-refractivity contribution is 6.17. The average molecular weight is 255 g/mol. The molecule has 0 saturated carbocycles. The van der Waals surface area contributed by atoms with Gasteiger partial charge in [-0.3, -0.25) is 0 Å². The van der Waals surface area contributed by atoms with Gasteiger partial charge in [-0.2, -0.15) is 0 Å². The van der Waals surface area contributed by atoms with Crippen molar-refractivity contribution in [2.75, 3.05) is 31.7 Å². The minimum atomic E-state index is 0.542. The number of ether oxygens (including phenoxy) is 1. The Labute approximate surface area is 108 Å². The molecule has 94 valence electrons. The second-order valence-corrected chi connectivity index (χ2v) is 4.86. The molecule has 1 aromatic heterocycles. The Morgan fingerprint density at radius 3 is 2.94 bits per heavy atom. The molecule has 0 unspecified atom stereocenters. The van der Waals surface area contributed by atoms with Gasteiger partial charge in [0, 0.05) is 38.9 Å². The number of nitrogens with zero attached hydrogens (tertiary/aromatic N) is 2. The summed E-state index contributed by atoms with van der Waals surface area (Å²) < 4.78 is 5.37. The van der Waals surface area contributed by atoms with Crippen molar-refractivity contribution in [2.45, 2.75) is 18.7 Å². The molecule has 0 aliphatic carbocycles. The fraction of sp³-hybridized carbons (Fsp3) is 0.615. The van der Waals surface area contributed by atoms with Crippen molar-refractivity contribution in [1.82, 2.24) is 4.98 Å². The second kappa shape index (κ2) is 6.22. The maximum absolute atomic E-state index is 5.83. The summed E-state index contributed by atoms with van der Waals surface area (Å²) in [5.41, 5.74) is 1.12. The van der Waals surface area contributed by atoms with Crippen LogP contribution in [0.3, 0.4) is 0 Å². The van der Waals surface area contributed by atoms with E-state index in [0.717, 1.165) is 49.9 Å². The van der Waals surface area contributed by atoms with Crippen LogP contribution in [-0.2, 0) is 10.6 Å². The van der Waals surface area contributed by atoms with E-state index in [1.165, 1.54) is 0 Å². The van der Waals surface area contributed by atoms with Gasteiger partial charge >= 0.3 is 0 Å². The van der Waals surface area contributed by atoms with Crippen molar-refractivity contribution in [1.29, 1.82) is 0 Å². The molecule has 0 spiro atoms. The number of anilines is 1. The summed E-state index contributed by atoms with van der Waals surface area (Å²) in [7, 11) is 2.09. The first-order valence-electron chi connectivity index (χ1n) is 6.09. The Morgan fingerprint density at radius 2 is 2.24 bits per heavy atom. The summed E-state index contributed by atoms with van der Waals surface area (Å²) in [5.74, 6) is 2.27. The van der Waals surface area contributed by atoms with Gasteiger partial charge in [0.2, 0.25) is 0 Å². The molecule has 4 heteroatoms. The van der Waals surface area contributed by atoms with Crippen molar-refractivity contribution in [3.8, 4) is 0 Å². The van der Waals surface area contributed by atoms with Gasteiger partial charge in [0.15, 0.2) is 0 Å². The quantitative estimate of drug-likeness (QED) is 0.773. The molecule has 3 nitrogen and oxygen atoms in total. The third-order valence-electron chi connectivity index (χ3n) is 3.23. The normalized spacial score (nSPS) is 17.1. The highest BCUT2D eigenvalue weighted by Crippen LogP contribution is 2.19. The van der Waals surface area contributed by atoms with Crippen LogP contribution in [0.25, 0.3) is 0 Å². The summed E-state index contributed by atoms with van der Waals surface area (Å²) in [5, 5.41) is 0. The van der Waals surface area contributed by atoms with E-state index in [2.05, 4.69) is 23.0 Å². The lowest BCUT2D eigenvalue weighted by Crippen LogP contribution is -2.30. The van der Waals surface area contributed by atoms with Crippen LogP contribution in [-0.4, -0.2) is 31.8 Å². The molecule has 0 N–H and O–H groups in total. The van der Waals surface area contributed by atoms with Crippen molar-refractivity contribution >= 4 is 17.4 Å². The maximum atomic E-state index is 5.83. The third-order valence-corrected chi connectivity index (χ3v) is 3.54. The van der Waals surface area contributed by atoms with Crippen LogP contribution in [0.15, 0.2) is 18.3 Å². The Morgan fingerprint density at radius 1 is 1.47 bits per heavy atom. The zero-order chi connectivity index (χ0) is 12.1. The van der Waals surface area contributed by atoms with Crippen molar-refractivity contribution < 1.29 is 4.74 Å². The Bertz CT molecular complexity index is 353. The van der Waals surface area contributed by atoms with E-state index in [9.17, 15) is 0 Å². The minimum Gasteiger partial charge on any atom is -0.381 e. The molecule has 1 fully saturated rings. The summed E-state index contributed by atoms with van der Waals surface area (Å²) in [4.78, 5) is 6.60. The fourth-order valence-electron chi connectivity index (χ4n) is 2.16. The van der Waals surface area contributed by atoms with Crippen LogP contribution < -0.4 is 4.90 Å². The van der Waals surface area contributed by atoms with Crippen LogP contribution in [0.4, 0.5) is 5.82 Å². The summed E-state index contributed by atoms with van der Waals surface area (Å²) >= 11 is 5.83. The van der Waals surface area contributed by atoms with Crippen LogP contribution in [0, 0.1) is 5.92 Å². The van der Waals surface area contributed by atoms with Crippen LogP contribution in [0.2, 0.25) is 0 Å². The van der Waals surface area contributed by atoms with Gasteiger partial charge in [-0.1, -0.05) is 0 Å². The minimum absolute atomic E-state index is 0.542. The van der Waals surface area contributed by atoms with Crippen molar-refractivity contribution in [3.05, 3.63) is 23.9 Å². The van der Waals surface area contributed by atoms with E-state index >= 15 is 0 Å². The zero-order valence-electron chi connectivity index (χ0n) is 10.2. The SMILES string of the molecule is CN(CC1CCOCC1)c1cc(CCl)ccn1. The molecule has 0 atom stereocenters. The van der Waals surface area contributed by atoms with Gasteiger partial charge < -0.3 is 9.64 Å². The summed E-state index contributed by atoms with van der Waals surface area (Å²) in [6.07, 6.45) is 4.13. The van der Waals surface area contributed by atoms with Gasteiger partial charge in [0.1, 0.15) is 5.82 Å². The monoisotopic (exact) mass is 254 g/mol. The summed E-state index contributed by atoms with van der Waals surface area (Å²) in [6, 6.07) is 4.02. The highest BCUT2D eigenvalue weighted by atomic mass is 35.5. The molecule has 0 aromatic carbocycles. The molecule has 1 aliphatic heterocycles. The first-order chi connectivity index (χ1) is 8.29. The number of rotatable bonds is 4. The first kappa shape index (κ1) is 12.7. The topological polar surface area (TPSA) is 25.4 Å². The molecule has 0 amide bonds. The molecular weight excluding hydrogens is 236 g/mol. The van der Waals surface area contributed by atoms with E-state index in [0.29, 0.717) is 5.88 Å². The van der Waals surface area contributed by atoms with E-state index < -0.39 is 0 Å². The Hall–Kier alpha value is -0.800. The molecular formula is C13H19ClN2O. The molecule has 1 aliphatic rings. The molecule has 1 aromatic rings. The fourth-order valence-corrected chi connectivity index (χ4v) is 2.33. The zero-order valence-corrected chi connectivity index (χ0v) is 11.0. The molecule has 1 saturated heterocycles. The highest BCUT2D eigenvalue weighted by Gasteiger charge is 2.16. The Kier molecular flexibility index (Phi) is 4.63. The first-order valence-corrected chi connectivity index (χ1v) is 6.63. The predicted octanol–water partition coefficient (Wildman–Crippen LogP) is 2.68. The Balaban J connectivity index is 1.95. The molecule has 0 radical (unpaired) electrons. The standard InChI is InChI=1S/C13H19ClN2O/c1-16(10-11-3-6-17-7-4-11)13-8-12(9-14)2-5-15-13/h2,5,8,11H,3-4,6-7,9-10H2,1H3. The summed E-state index contributed by atoms with van der Waals surface area (Å²) in [6.45, 7) is 2.84. The van der Waals surface area contributed by atoms with Gasteiger partial charge in [-0.25, -0.2) is 4.98 Å². The number of aromatic nitrogens is 1. The van der Waals surface area contributed by atoms with E-state index in [-0.39, 0.29) is 0 Å². The third kappa shape index (κ3) is 3.58. The van der Waals surface area contributed by atoms with Crippen molar-refractivity contribution in [3.63, 3.8) is 0 Å². The van der Waals surface area contributed by atoms with Crippen LogP contribution >= 0.6 is 11.6 Å². The molecule has 0 bridgehead atoms. The smallest absolute Gasteiger partial charge is 0.128 e. The molecule has 17 heavy (non-hydrogen) atoms. The van der Waals surface area contributed by atoms with Gasteiger partial charge in [0.25, 0.3) is 0 Å². The number of pyridine rings is 1. The molecule has 2 rings (SSSR count). The number of halogens is 1. The average Bonchev–Trinajstić information content (AvgIpc) is 2.40. The van der Waals surface area contributed by atoms with E-state index in [1.54, 1.807) is 0 Å².